The minimum Gasteiger partial charge on any atom is -0.489 e. The zero-order valence-corrected chi connectivity index (χ0v) is 22.6. The van der Waals surface area contributed by atoms with Gasteiger partial charge in [-0.25, -0.2) is 9.18 Å². The van der Waals surface area contributed by atoms with Gasteiger partial charge in [0.15, 0.2) is 6.61 Å². The molecule has 1 unspecified atom stereocenters. The lowest BCUT2D eigenvalue weighted by Crippen LogP contribution is -2.21. The standard InChI is InChI=1S/C31H22BrFN2O5/c32-21-8-10-22(11-9-21)38-18-29(36)39-24-12-13-25-28(15-24)40-31(35)26(16-34)30(25)19-5-3-6-23(14-19)37-17-20-4-1-2-7-27(20)33/h1-15,30H,17-18,35H2. The molecule has 0 saturated carbocycles. The van der Waals surface area contributed by atoms with Crippen molar-refractivity contribution in [1.82, 2.24) is 0 Å². The number of halogens is 2. The Bertz CT molecular complexity index is 1630. The highest BCUT2D eigenvalue weighted by atomic mass is 79.9. The van der Waals surface area contributed by atoms with Crippen LogP contribution in [0.3, 0.4) is 0 Å². The summed E-state index contributed by atoms with van der Waals surface area (Å²) in [6.45, 7) is -0.244. The van der Waals surface area contributed by atoms with Gasteiger partial charge >= 0.3 is 5.97 Å². The Hall–Kier alpha value is -4.81. The Morgan fingerprint density at radius 3 is 2.50 bits per heavy atom. The smallest absolute Gasteiger partial charge is 0.349 e. The molecule has 0 saturated heterocycles. The summed E-state index contributed by atoms with van der Waals surface area (Å²) in [7, 11) is 0. The topological polar surface area (TPSA) is 104 Å². The molecule has 4 aromatic rings. The van der Waals surface area contributed by atoms with Crippen LogP contribution in [0.4, 0.5) is 4.39 Å². The van der Waals surface area contributed by atoms with Crippen LogP contribution in [0.25, 0.3) is 0 Å². The van der Waals surface area contributed by atoms with Gasteiger partial charge in [-0.2, -0.15) is 5.26 Å². The number of allylic oxidation sites excluding steroid dienone is 1. The van der Waals surface area contributed by atoms with Crippen LogP contribution in [0.1, 0.15) is 22.6 Å². The Labute approximate surface area is 238 Å². The first-order chi connectivity index (χ1) is 19.4. The summed E-state index contributed by atoms with van der Waals surface area (Å²) in [5, 5.41) is 9.89. The molecule has 7 nitrogen and oxygen atoms in total. The van der Waals surface area contributed by atoms with Crippen LogP contribution < -0.4 is 24.7 Å². The third-order valence-electron chi connectivity index (χ3n) is 6.14. The van der Waals surface area contributed by atoms with Crippen molar-refractivity contribution >= 4 is 21.9 Å². The van der Waals surface area contributed by atoms with Crippen LogP contribution in [0, 0.1) is 17.1 Å². The number of ether oxygens (including phenoxy) is 4. The minimum atomic E-state index is -0.601. The normalized spacial score (nSPS) is 14.0. The second kappa shape index (κ2) is 11.9. The molecule has 0 aliphatic carbocycles. The largest absolute Gasteiger partial charge is 0.489 e. The molecule has 0 radical (unpaired) electrons. The average molecular weight is 601 g/mol. The predicted octanol–water partition coefficient (Wildman–Crippen LogP) is 6.37. The number of fused-ring (bicyclic) bond motifs is 1. The van der Waals surface area contributed by atoms with E-state index in [1.54, 1.807) is 78.9 Å². The Morgan fingerprint density at radius 1 is 0.950 bits per heavy atom. The molecule has 1 aliphatic rings. The predicted molar refractivity (Wildman–Crippen MR) is 148 cm³/mol. The number of nitrogens with zero attached hydrogens (tertiary/aromatic N) is 1. The fraction of sp³-hybridized carbons (Fsp3) is 0.0968. The average Bonchev–Trinajstić information content (AvgIpc) is 2.96. The van der Waals surface area contributed by atoms with E-state index in [-0.39, 0.29) is 36.2 Å². The number of carbonyl (C=O) groups is 1. The molecule has 0 spiro atoms. The number of benzene rings is 4. The second-order valence-electron chi connectivity index (χ2n) is 8.79. The van der Waals surface area contributed by atoms with Crippen LogP contribution >= 0.6 is 15.9 Å². The first kappa shape index (κ1) is 26.8. The lowest BCUT2D eigenvalue weighted by Gasteiger charge is -2.27. The molecule has 5 rings (SSSR count). The van der Waals surface area contributed by atoms with Crippen LogP contribution in [-0.2, 0) is 11.4 Å². The third-order valence-corrected chi connectivity index (χ3v) is 6.66. The summed E-state index contributed by atoms with van der Waals surface area (Å²) < 4.78 is 37.4. The molecule has 9 heteroatoms. The van der Waals surface area contributed by atoms with Gasteiger partial charge < -0.3 is 24.7 Å². The molecule has 1 aliphatic heterocycles. The summed E-state index contributed by atoms with van der Waals surface area (Å²) >= 11 is 3.35. The lowest BCUT2D eigenvalue weighted by atomic mass is 9.83. The molecule has 2 N–H and O–H groups in total. The Kier molecular flexibility index (Phi) is 7.99. The van der Waals surface area contributed by atoms with Crippen molar-refractivity contribution in [2.24, 2.45) is 5.73 Å². The van der Waals surface area contributed by atoms with Gasteiger partial charge in [-0.15, -0.1) is 0 Å². The number of esters is 1. The van der Waals surface area contributed by atoms with E-state index in [0.29, 0.717) is 28.4 Å². The summed E-state index contributed by atoms with van der Waals surface area (Å²) in [5.74, 6) is 0.0400. The zero-order valence-electron chi connectivity index (χ0n) is 21.0. The van der Waals surface area contributed by atoms with Crippen molar-refractivity contribution in [3.63, 3.8) is 0 Å². The Balaban J connectivity index is 1.34. The van der Waals surface area contributed by atoms with Crippen LogP contribution in [0.15, 0.2) is 107 Å². The van der Waals surface area contributed by atoms with Crippen molar-refractivity contribution in [2.45, 2.75) is 12.5 Å². The second-order valence-corrected chi connectivity index (χ2v) is 9.71. The van der Waals surface area contributed by atoms with Gasteiger partial charge in [-0.05, 0) is 54.1 Å². The van der Waals surface area contributed by atoms with Crippen LogP contribution in [0.2, 0.25) is 0 Å². The van der Waals surface area contributed by atoms with Gasteiger partial charge in [0.1, 0.15) is 47.1 Å². The van der Waals surface area contributed by atoms with Crippen molar-refractivity contribution in [3.05, 3.63) is 129 Å². The molecule has 0 amide bonds. The van der Waals surface area contributed by atoms with Crippen molar-refractivity contribution in [2.75, 3.05) is 6.61 Å². The van der Waals surface area contributed by atoms with E-state index in [1.807, 2.05) is 6.07 Å². The van der Waals surface area contributed by atoms with Gasteiger partial charge in [-0.3, -0.25) is 0 Å². The molecular formula is C31H22BrFN2O5. The van der Waals surface area contributed by atoms with E-state index < -0.39 is 11.9 Å². The number of rotatable bonds is 8. The molecular weight excluding hydrogens is 579 g/mol. The van der Waals surface area contributed by atoms with E-state index in [1.165, 1.54) is 6.07 Å². The molecule has 0 bridgehead atoms. The molecule has 40 heavy (non-hydrogen) atoms. The van der Waals surface area contributed by atoms with Gasteiger partial charge in [0.2, 0.25) is 5.88 Å². The molecule has 1 heterocycles. The van der Waals surface area contributed by atoms with E-state index in [0.717, 1.165) is 10.0 Å². The highest BCUT2D eigenvalue weighted by molar-refractivity contribution is 9.10. The third kappa shape index (κ3) is 6.08. The van der Waals surface area contributed by atoms with Crippen molar-refractivity contribution in [1.29, 1.82) is 5.26 Å². The van der Waals surface area contributed by atoms with Gasteiger partial charge in [0, 0.05) is 21.7 Å². The first-order valence-corrected chi connectivity index (χ1v) is 13.0. The highest BCUT2D eigenvalue weighted by Gasteiger charge is 2.31. The summed E-state index contributed by atoms with van der Waals surface area (Å²) in [6.07, 6.45) is 0. The van der Waals surface area contributed by atoms with E-state index in [2.05, 4.69) is 22.0 Å². The number of nitrogens with two attached hydrogens (primary N) is 1. The van der Waals surface area contributed by atoms with Crippen molar-refractivity contribution in [3.8, 4) is 29.1 Å². The first-order valence-electron chi connectivity index (χ1n) is 12.2. The maximum absolute atomic E-state index is 14.0. The zero-order chi connectivity index (χ0) is 28.1. The monoisotopic (exact) mass is 600 g/mol. The van der Waals surface area contributed by atoms with Crippen LogP contribution in [0.5, 0.6) is 23.0 Å². The van der Waals surface area contributed by atoms with Gasteiger partial charge in [0.05, 0.1) is 5.92 Å². The quantitative estimate of drug-likeness (QED) is 0.185. The van der Waals surface area contributed by atoms with E-state index in [9.17, 15) is 14.4 Å². The molecule has 0 fully saturated rings. The number of hydrogen-bond donors (Lipinski definition) is 1. The maximum Gasteiger partial charge on any atom is 0.349 e. The molecule has 0 aromatic heterocycles. The SMILES string of the molecule is N#CC1=C(N)Oc2cc(OC(=O)COc3ccc(Br)cc3)ccc2C1c1cccc(OCc2ccccc2F)c1. The number of nitriles is 1. The van der Waals surface area contributed by atoms with Crippen LogP contribution in [-0.4, -0.2) is 12.6 Å². The molecule has 200 valence electrons. The number of carbonyl (C=O) groups excluding carboxylic acids is 1. The summed E-state index contributed by atoms with van der Waals surface area (Å²) in [5.41, 5.74) is 8.16. The Morgan fingerprint density at radius 2 is 1.73 bits per heavy atom. The van der Waals surface area contributed by atoms with Gasteiger partial charge in [0.25, 0.3) is 0 Å². The fourth-order valence-electron chi connectivity index (χ4n) is 4.24. The lowest BCUT2D eigenvalue weighted by molar-refractivity contribution is -0.136. The number of hydrogen-bond acceptors (Lipinski definition) is 7. The molecule has 4 aromatic carbocycles. The summed E-state index contributed by atoms with van der Waals surface area (Å²) in [6, 6.07) is 27.6. The molecule has 1 atom stereocenters. The highest BCUT2D eigenvalue weighted by Crippen LogP contribution is 2.44. The van der Waals surface area contributed by atoms with E-state index >= 15 is 0 Å². The van der Waals surface area contributed by atoms with E-state index in [4.69, 9.17) is 24.7 Å². The fourth-order valence-corrected chi connectivity index (χ4v) is 4.50. The minimum absolute atomic E-state index is 0.0455. The van der Waals surface area contributed by atoms with Gasteiger partial charge in [-0.1, -0.05) is 52.3 Å². The van der Waals surface area contributed by atoms with Crippen molar-refractivity contribution < 1.29 is 28.1 Å². The maximum atomic E-state index is 14.0. The summed E-state index contributed by atoms with van der Waals surface area (Å²) in [4.78, 5) is 12.4.